The monoisotopic (exact) mass is 365 g/mol. The minimum Gasteiger partial charge on any atom is -0.353 e. The Balaban J connectivity index is 1.59. The van der Waals surface area contributed by atoms with Crippen LogP contribution in [0.3, 0.4) is 0 Å². The number of carbonyl (C=O) groups is 2. The Morgan fingerprint density at radius 1 is 1.27 bits per heavy atom. The van der Waals surface area contributed by atoms with E-state index in [0.717, 1.165) is 51.3 Å². The molecule has 0 spiro atoms. The Morgan fingerprint density at radius 3 is 2.65 bits per heavy atom. The van der Waals surface area contributed by atoms with E-state index in [2.05, 4.69) is 10.3 Å². The highest BCUT2D eigenvalue weighted by molar-refractivity contribution is 5.91. The second-order valence-corrected chi connectivity index (χ2v) is 6.58. The molecule has 1 aliphatic heterocycles. The van der Waals surface area contributed by atoms with Crippen molar-refractivity contribution in [1.82, 2.24) is 15.2 Å². The summed E-state index contributed by atoms with van der Waals surface area (Å²) < 4.78 is 26.0. The van der Waals surface area contributed by atoms with Crippen molar-refractivity contribution in [3.63, 3.8) is 0 Å². The Bertz CT molecular complexity index is 656. The van der Waals surface area contributed by atoms with Crippen LogP contribution in [0.1, 0.15) is 44.6 Å². The van der Waals surface area contributed by atoms with Crippen LogP contribution in [0.5, 0.6) is 0 Å². The number of halogens is 2. The van der Waals surface area contributed by atoms with E-state index in [1.807, 2.05) is 4.90 Å². The molecule has 7 heteroatoms. The van der Waals surface area contributed by atoms with Crippen molar-refractivity contribution in [2.24, 2.45) is 5.92 Å². The summed E-state index contributed by atoms with van der Waals surface area (Å²) in [4.78, 5) is 27.9. The van der Waals surface area contributed by atoms with Gasteiger partial charge in [-0.1, -0.05) is 12.8 Å². The summed E-state index contributed by atoms with van der Waals surface area (Å²) in [7, 11) is 0. The zero-order valence-corrected chi connectivity index (χ0v) is 15.0. The number of aromatic nitrogens is 1. The van der Waals surface area contributed by atoms with E-state index in [1.165, 1.54) is 18.2 Å². The van der Waals surface area contributed by atoms with Gasteiger partial charge in [-0.3, -0.25) is 9.59 Å². The van der Waals surface area contributed by atoms with E-state index in [-0.39, 0.29) is 17.4 Å². The molecule has 2 amide bonds. The Morgan fingerprint density at radius 2 is 2.00 bits per heavy atom. The van der Waals surface area contributed by atoms with Gasteiger partial charge in [-0.2, -0.15) is 13.8 Å². The van der Waals surface area contributed by atoms with Crippen molar-refractivity contribution in [3.8, 4) is 0 Å². The van der Waals surface area contributed by atoms with Gasteiger partial charge in [0.15, 0.2) is 0 Å². The molecule has 5 nitrogen and oxygen atoms in total. The highest BCUT2D eigenvalue weighted by atomic mass is 19.1. The summed E-state index contributed by atoms with van der Waals surface area (Å²) in [5.41, 5.74) is 0.0680. The van der Waals surface area contributed by atoms with Crippen molar-refractivity contribution in [1.29, 1.82) is 0 Å². The van der Waals surface area contributed by atoms with Gasteiger partial charge in [0.2, 0.25) is 23.7 Å². The lowest BCUT2D eigenvalue weighted by atomic mass is 9.91. The zero-order chi connectivity index (χ0) is 18.9. The topological polar surface area (TPSA) is 62.3 Å². The number of unbranched alkanes of at least 4 members (excludes halogenated alkanes) is 1. The fraction of sp³-hybridized carbons (Fsp3) is 0.526. The highest BCUT2D eigenvalue weighted by Gasteiger charge is 2.19. The number of amides is 2. The van der Waals surface area contributed by atoms with Crippen LogP contribution < -0.4 is 5.32 Å². The van der Waals surface area contributed by atoms with Crippen molar-refractivity contribution < 1.29 is 18.4 Å². The van der Waals surface area contributed by atoms with E-state index >= 15 is 0 Å². The lowest BCUT2D eigenvalue weighted by Crippen LogP contribution is -2.36. The van der Waals surface area contributed by atoms with Crippen LogP contribution in [0, 0.1) is 17.8 Å². The minimum absolute atomic E-state index is 0.0680. The molecule has 1 aromatic rings. The number of piperidine rings is 1. The summed E-state index contributed by atoms with van der Waals surface area (Å²) in [6, 6.07) is 2.28. The van der Waals surface area contributed by atoms with Gasteiger partial charge >= 0.3 is 0 Å². The van der Waals surface area contributed by atoms with Gasteiger partial charge in [0, 0.05) is 38.2 Å². The molecule has 0 unspecified atom stereocenters. The van der Waals surface area contributed by atoms with Crippen molar-refractivity contribution in [3.05, 3.63) is 35.7 Å². The summed E-state index contributed by atoms with van der Waals surface area (Å²) >= 11 is 0. The van der Waals surface area contributed by atoms with E-state index in [4.69, 9.17) is 0 Å². The van der Waals surface area contributed by atoms with Crippen LogP contribution in [-0.4, -0.2) is 41.3 Å². The van der Waals surface area contributed by atoms with Gasteiger partial charge in [-0.25, -0.2) is 0 Å². The molecular formula is C19H25F2N3O2. The first-order chi connectivity index (χ1) is 12.5. The lowest BCUT2D eigenvalue weighted by molar-refractivity contribution is -0.130. The second kappa shape index (κ2) is 9.99. The van der Waals surface area contributed by atoms with Gasteiger partial charge in [-0.15, -0.1) is 0 Å². The Kier molecular flexibility index (Phi) is 7.69. The Labute approximate surface area is 152 Å². The number of pyridine rings is 1. The third kappa shape index (κ3) is 6.54. The van der Waals surface area contributed by atoms with Gasteiger partial charge in [-0.05, 0) is 43.4 Å². The molecule has 1 saturated heterocycles. The predicted octanol–water partition coefficient (Wildman–Crippen LogP) is 2.92. The van der Waals surface area contributed by atoms with Gasteiger partial charge < -0.3 is 10.2 Å². The molecule has 0 aliphatic carbocycles. The molecule has 1 N–H and O–H groups in total. The standard InChI is InChI=1S/C19H25F2N3O2/c1-14(25)24-12-9-15(10-13-24)4-2-3-11-22-18(26)8-6-16-5-7-17(20)23-19(16)21/h5-8,15H,2-4,9-13H2,1H3,(H,22,26)/b8-6+. The largest absolute Gasteiger partial charge is 0.353 e. The molecule has 0 aromatic carbocycles. The minimum atomic E-state index is -0.940. The quantitative estimate of drug-likeness (QED) is 0.459. The van der Waals surface area contributed by atoms with E-state index < -0.39 is 11.9 Å². The fourth-order valence-corrected chi connectivity index (χ4v) is 3.08. The fourth-order valence-electron chi connectivity index (χ4n) is 3.08. The molecule has 0 atom stereocenters. The van der Waals surface area contributed by atoms with Gasteiger partial charge in [0.1, 0.15) is 0 Å². The summed E-state index contributed by atoms with van der Waals surface area (Å²) in [5.74, 6) is -1.35. The van der Waals surface area contributed by atoms with Crippen molar-refractivity contribution in [2.45, 2.75) is 39.0 Å². The summed E-state index contributed by atoms with van der Waals surface area (Å²) in [6.45, 7) is 3.85. The highest BCUT2D eigenvalue weighted by Crippen LogP contribution is 2.22. The number of hydrogen-bond donors (Lipinski definition) is 1. The van der Waals surface area contributed by atoms with E-state index in [1.54, 1.807) is 6.92 Å². The SMILES string of the molecule is CC(=O)N1CCC(CCCCNC(=O)/C=C/c2ccc(F)nc2F)CC1. The first-order valence-corrected chi connectivity index (χ1v) is 8.99. The maximum Gasteiger partial charge on any atom is 0.244 e. The number of carbonyl (C=O) groups excluding carboxylic acids is 2. The lowest BCUT2D eigenvalue weighted by Gasteiger charge is -2.31. The Hall–Kier alpha value is -2.31. The average Bonchev–Trinajstić information content (AvgIpc) is 2.61. The zero-order valence-electron chi connectivity index (χ0n) is 15.0. The third-order valence-corrected chi connectivity index (χ3v) is 4.66. The number of nitrogens with zero attached hydrogens (tertiary/aromatic N) is 2. The second-order valence-electron chi connectivity index (χ2n) is 6.58. The molecule has 0 saturated carbocycles. The average molecular weight is 365 g/mol. The maximum atomic E-state index is 13.3. The molecule has 2 rings (SSSR count). The molecule has 1 fully saturated rings. The molecular weight excluding hydrogens is 340 g/mol. The van der Waals surface area contributed by atoms with Gasteiger partial charge in [0.05, 0.1) is 0 Å². The summed E-state index contributed by atoms with van der Waals surface area (Å²) in [6.07, 6.45) is 7.58. The van der Waals surface area contributed by atoms with Crippen molar-refractivity contribution >= 4 is 17.9 Å². The van der Waals surface area contributed by atoms with Crippen LogP contribution in [-0.2, 0) is 9.59 Å². The molecule has 26 heavy (non-hydrogen) atoms. The number of nitrogens with one attached hydrogen (secondary N) is 1. The number of likely N-dealkylation sites (tertiary alicyclic amines) is 1. The molecule has 0 radical (unpaired) electrons. The molecule has 1 aromatic heterocycles. The normalized spacial score (nSPS) is 15.4. The van der Waals surface area contributed by atoms with Crippen LogP contribution in [0.4, 0.5) is 8.78 Å². The molecule has 0 bridgehead atoms. The van der Waals surface area contributed by atoms with E-state index in [9.17, 15) is 18.4 Å². The van der Waals surface area contributed by atoms with Crippen LogP contribution in [0.2, 0.25) is 0 Å². The summed E-state index contributed by atoms with van der Waals surface area (Å²) in [5, 5.41) is 2.75. The molecule has 142 valence electrons. The maximum absolute atomic E-state index is 13.3. The van der Waals surface area contributed by atoms with E-state index in [0.29, 0.717) is 12.5 Å². The predicted molar refractivity (Wildman–Crippen MR) is 95.0 cm³/mol. The first kappa shape index (κ1) is 20.0. The van der Waals surface area contributed by atoms with Crippen LogP contribution in [0.25, 0.3) is 6.08 Å². The van der Waals surface area contributed by atoms with Crippen molar-refractivity contribution in [2.75, 3.05) is 19.6 Å². The first-order valence-electron chi connectivity index (χ1n) is 8.99. The third-order valence-electron chi connectivity index (χ3n) is 4.66. The van der Waals surface area contributed by atoms with Crippen LogP contribution in [0.15, 0.2) is 18.2 Å². The number of rotatable bonds is 7. The van der Waals surface area contributed by atoms with Gasteiger partial charge in [0.25, 0.3) is 0 Å². The molecule has 1 aliphatic rings. The molecule has 2 heterocycles. The smallest absolute Gasteiger partial charge is 0.244 e. The van der Waals surface area contributed by atoms with Crippen LogP contribution >= 0.6 is 0 Å². The number of hydrogen-bond acceptors (Lipinski definition) is 3.